The molecule has 0 spiro atoms. The number of nitrogens with one attached hydrogen (secondary N) is 1. The largest absolute Gasteiger partial charge is 0.469 e. The number of ether oxygens (including phenoxy) is 1. The Bertz CT molecular complexity index is 368. The summed E-state index contributed by atoms with van der Waals surface area (Å²) in [4.78, 5) is 11.3. The van der Waals surface area contributed by atoms with Crippen molar-refractivity contribution in [3.63, 3.8) is 0 Å². The highest BCUT2D eigenvalue weighted by Gasteiger charge is 2.18. The molecule has 1 rings (SSSR count). The first-order valence-corrected chi connectivity index (χ1v) is 5.71. The molecule has 17 heavy (non-hydrogen) atoms. The zero-order chi connectivity index (χ0) is 13.0. The van der Waals surface area contributed by atoms with Gasteiger partial charge in [0.2, 0.25) is 0 Å². The van der Waals surface area contributed by atoms with Crippen LogP contribution >= 0.6 is 0 Å². The van der Waals surface area contributed by atoms with Gasteiger partial charge in [0.05, 0.1) is 18.7 Å². The lowest BCUT2D eigenvalue weighted by atomic mass is 10.1. The van der Waals surface area contributed by atoms with Gasteiger partial charge in [-0.15, -0.1) is 0 Å². The number of carbonyl (C=O) groups excluding carboxylic acids is 1. The number of methoxy groups -OCH3 is 1. The molecule has 0 aliphatic heterocycles. The van der Waals surface area contributed by atoms with Crippen molar-refractivity contribution in [1.29, 1.82) is 0 Å². The quantitative estimate of drug-likeness (QED) is 0.794. The summed E-state index contributed by atoms with van der Waals surface area (Å²) < 4.78 is 9.78. The van der Waals surface area contributed by atoms with E-state index in [0.29, 0.717) is 6.54 Å². The zero-order valence-electron chi connectivity index (χ0n) is 11.0. The van der Waals surface area contributed by atoms with Gasteiger partial charge in [-0.1, -0.05) is 12.1 Å². The molecule has 5 nitrogen and oxygen atoms in total. The topological polar surface area (TPSA) is 64.4 Å². The smallest absolute Gasteiger partial charge is 0.309 e. The number of esters is 1. The highest BCUT2D eigenvalue weighted by Crippen LogP contribution is 2.20. The van der Waals surface area contributed by atoms with Crippen molar-refractivity contribution >= 4 is 5.97 Å². The Kier molecular flexibility index (Phi) is 4.69. The first-order chi connectivity index (χ1) is 7.97. The number of hydrogen-bond donors (Lipinski definition) is 1. The fourth-order valence-corrected chi connectivity index (χ4v) is 1.85. The maximum atomic E-state index is 11.3. The molecule has 0 saturated carbocycles. The second-order valence-electron chi connectivity index (χ2n) is 4.29. The lowest BCUT2D eigenvalue weighted by Crippen LogP contribution is -2.29. The highest BCUT2D eigenvalue weighted by atomic mass is 16.5. The highest BCUT2D eigenvalue weighted by molar-refractivity contribution is 5.72. The average molecular weight is 240 g/mol. The first-order valence-electron chi connectivity index (χ1n) is 5.71. The molecule has 0 radical (unpaired) electrons. The molecule has 0 bridgehead atoms. The van der Waals surface area contributed by atoms with Crippen LogP contribution in [-0.2, 0) is 9.53 Å². The van der Waals surface area contributed by atoms with Crippen molar-refractivity contribution in [1.82, 2.24) is 10.5 Å². The predicted molar refractivity (Wildman–Crippen MR) is 63.6 cm³/mol. The van der Waals surface area contributed by atoms with E-state index in [1.807, 2.05) is 27.7 Å². The van der Waals surface area contributed by atoms with E-state index in [2.05, 4.69) is 15.2 Å². The van der Waals surface area contributed by atoms with E-state index in [-0.39, 0.29) is 17.9 Å². The summed E-state index contributed by atoms with van der Waals surface area (Å²) in [6, 6.07) is 0.105. The van der Waals surface area contributed by atoms with Crippen LogP contribution in [0.5, 0.6) is 0 Å². The van der Waals surface area contributed by atoms with E-state index in [0.717, 1.165) is 17.0 Å². The molecule has 0 fully saturated rings. The van der Waals surface area contributed by atoms with E-state index in [1.165, 1.54) is 7.11 Å². The number of aromatic nitrogens is 1. The van der Waals surface area contributed by atoms with Gasteiger partial charge in [-0.3, -0.25) is 4.79 Å². The van der Waals surface area contributed by atoms with E-state index in [4.69, 9.17) is 4.52 Å². The second kappa shape index (κ2) is 5.82. The molecule has 0 amide bonds. The van der Waals surface area contributed by atoms with E-state index in [1.54, 1.807) is 0 Å². The predicted octanol–water partition coefficient (Wildman–Crippen LogP) is 1.75. The van der Waals surface area contributed by atoms with Crippen LogP contribution in [0.4, 0.5) is 0 Å². The zero-order valence-corrected chi connectivity index (χ0v) is 11.0. The third-order valence-electron chi connectivity index (χ3n) is 2.86. The summed E-state index contributed by atoms with van der Waals surface area (Å²) in [5, 5.41) is 7.19. The monoisotopic (exact) mass is 240 g/mol. The fraction of sp³-hybridized carbons (Fsp3) is 0.667. The fourth-order valence-electron chi connectivity index (χ4n) is 1.85. The minimum atomic E-state index is -0.205. The van der Waals surface area contributed by atoms with E-state index in [9.17, 15) is 4.79 Å². The van der Waals surface area contributed by atoms with Crippen molar-refractivity contribution in [3.05, 3.63) is 17.0 Å². The van der Waals surface area contributed by atoms with Crippen molar-refractivity contribution < 1.29 is 14.1 Å². The lowest BCUT2D eigenvalue weighted by molar-refractivity contribution is -0.144. The normalized spacial score (nSPS) is 14.4. The SMILES string of the molecule is COC(=O)C(C)CNC(C)c1c(C)noc1C. The number of hydrogen-bond acceptors (Lipinski definition) is 5. The number of aryl methyl sites for hydroxylation is 2. The summed E-state index contributed by atoms with van der Waals surface area (Å²) in [7, 11) is 1.40. The Labute approximate surface area is 102 Å². The van der Waals surface area contributed by atoms with Gasteiger partial charge in [-0.05, 0) is 20.8 Å². The molecule has 2 atom stereocenters. The van der Waals surface area contributed by atoms with Crippen LogP contribution in [0.1, 0.15) is 36.9 Å². The van der Waals surface area contributed by atoms with Gasteiger partial charge in [-0.2, -0.15) is 0 Å². The van der Waals surface area contributed by atoms with Gasteiger partial charge in [0.1, 0.15) is 5.76 Å². The van der Waals surface area contributed by atoms with Gasteiger partial charge < -0.3 is 14.6 Å². The molecule has 1 heterocycles. The third kappa shape index (κ3) is 3.30. The van der Waals surface area contributed by atoms with Gasteiger partial charge in [0, 0.05) is 18.2 Å². The summed E-state index contributed by atoms with van der Waals surface area (Å²) in [5.74, 6) is 0.444. The van der Waals surface area contributed by atoms with Crippen LogP contribution < -0.4 is 5.32 Å². The molecular formula is C12H20N2O3. The summed E-state index contributed by atoms with van der Waals surface area (Å²) in [6.45, 7) is 8.22. The molecule has 1 aromatic heterocycles. The Morgan fingerprint density at radius 2 is 2.12 bits per heavy atom. The number of nitrogens with zero attached hydrogens (tertiary/aromatic N) is 1. The maximum absolute atomic E-state index is 11.3. The molecule has 0 aliphatic rings. The maximum Gasteiger partial charge on any atom is 0.309 e. The summed E-state index contributed by atoms with van der Waals surface area (Å²) in [5.41, 5.74) is 1.94. The first kappa shape index (κ1) is 13.7. The summed E-state index contributed by atoms with van der Waals surface area (Å²) in [6.07, 6.45) is 0. The molecule has 1 N–H and O–H groups in total. The molecule has 5 heteroatoms. The lowest BCUT2D eigenvalue weighted by Gasteiger charge is -2.16. The molecule has 0 aliphatic carbocycles. The molecular weight excluding hydrogens is 220 g/mol. The molecule has 0 saturated heterocycles. The molecule has 2 unspecified atom stereocenters. The second-order valence-corrected chi connectivity index (χ2v) is 4.29. The van der Waals surface area contributed by atoms with Crippen LogP contribution in [0, 0.1) is 19.8 Å². The van der Waals surface area contributed by atoms with Crippen LogP contribution in [0.15, 0.2) is 4.52 Å². The van der Waals surface area contributed by atoms with Crippen molar-refractivity contribution in [3.8, 4) is 0 Å². The Balaban J connectivity index is 2.56. The van der Waals surface area contributed by atoms with Crippen molar-refractivity contribution in [2.24, 2.45) is 5.92 Å². The van der Waals surface area contributed by atoms with Crippen LogP contribution in [0.3, 0.4) is 0 Å². The van der Waals surface area contributed by atoms with Gasteiger partial charge in [-0.25, -0.2) is 0 Å². The Morgan fingerprint density at radius 1 is 1.47 bits per heavy atom. The number of carbonyl (C=O) groups is 1. The van der Waals surface area contributed by atoms with E-state index < -0.39 is 0 Å². The van der Waals surface area contributed by atoms with Gasteiger partial charge in [0.25, 0.3) is 0 Å². The number of rotatable bonds is 5. The van der Waals surface area contributed by atoms with Gasteiger partial charge >= 0.3 is 5.97 Å². The van der Waals surface area contributed by atoms with Gasteiger partial charge in [0.15, 0.2) is 0 Å². The van der Waals surface area contributed by atoms with Crippen LogP contribution in [0.2, 0.25) is 0 Å². The average Bonchev–Trinajstić information content (AvgIpc) is 2.64. The molecule has 0 aromatic carbocycles. The standard InChI is InChI=1S/C12H20N2O3/c1-7(12(15)16-5)6-13-8(2)11-9(3)14-17-10(11)4/h7-8,13H,6H2,1-5H3. The third-order valence-corrected chi connectivity index (χ3v) is 2.86. The molecule has 1 aromatic rings. The minimum absolute atomic E-state index is 0.105. The van der Waals surface area contributed by atoms with Crippen molar-refractivity contribution in [2.75, 3.05) is 13.7 Å². The minimum Gasteiger partial charge on any atom is -0.469 e. The Morgan fingerprint density at radius 3 is 2.59 bits per heavy atom. The van der Waals surface area contributed by atoms with Crippen LogP contribution in [0.25, 0.3) is 0 Å². The Hall–Kier alpha value is -1.36. The van der Waals surface area contributed by atoms with Crippen molar-refractivity contribution in [2.45, 2.75) is 33.7 Å². The van der Waals surface area contributed by atoms with Crippen LogP contribution in [-0.4, -0.2) is 24.8 Å². The molecule has 96 valence electrons. The summed E-state index contributed by atoms with van der Waals surface area (Å²) >= 11 is 0. The van der Waals surface area contributed by atoms with E-state index >= 15 is 0 Å².